The number of likely N-dealkylation sites (tertiary alicyclic amines) is 1. The molecule has 1 aromatic heterocycles. The molecule has 1 aromatic carbocycles. The van der Waals surface area contributed by atoms with Crippen LogP contribution < -0.4 is 10.6 Å². The van der Waals surface area contributed by atoms with E-state index in [9.17, 15) is 9.90 Å². The highest BCUT2D eigenvalue weighted by molar-refractivity contribution is 6.06. The van der Waals surface area contributed by atoms with Crippen LogP contribution in [0.2, 0.25) is 0 Å². The van der Waals surface area contributed by atoms with Gasteiger partial charge in [0.25, 0.3) is 0 Å². The van der Waals surface area contributed by atoms with Crippen molar-refractivity contribution in [1.82, 2.24) is 19.7 Å². The number of aliphatic imine (C=N–C) groups is 1. The van der Waals surface area contributed by atoms with Crippen molar-refractivity contribution in [2.24, 2.45) is 4.99 Å². The molecule has 0 bridgehead atoms. The van der Waals surface area contributed by atoms with Crippen molar-refractivity contribution in [3.05, 3.63) is 35.8 Å². The smallest absolute Gasteiger partial charge is 0.247 e. The molecule has 156 valence electrons. The number of amidine groups is 1. The Morgan fingerprint density at radius 3 is 3.07 bits per heavy atom. The molecule has 9 nitrogen and oxygen atoms in total. The minimum Gasteiger partial charge on any atom is -0.394 e. The van der Waals surface area contributed by atoms with Gasteiger partial charge >= 0.3 is 0 Å². The van der Waals surface area contributed by atoms with Gasteiger partial charge in [-0.3, -0.25) is 4.79 Å². The van der Waals surface area contributed by atoms with Gasteiger partial charge in [0, 0.05) is 30.3 Å². The number of aromatic nitrogens is 3. The zero-order chi connectivity index (χ0) is 20.9. The second-order valence-corrected chi connectivity index (χ2v) is 8.45. The molecule has 9 heteroatoms. The molecule has 1 amide bonds. The van der Waals surface area contributed by atoms with Gasteiger partial charge in [-0.1, -0.05) is 6.07 Å². The van der Waals surface area contributed by atoms with E-state index < -0.39 is 5.41 Å². The molecule has 1 fully saturated rings. The standard InChI is InChI=1S/C21H25N7O2/c1-21(2)15-6-5-13(10-16(15)24-19(21)30)23-20-25-18-11-17(22-7-9-28(18)26-20)27-8-3-4-14(27)12-29/h5-7,9-10,14,29H,3-4,8,11-12H2,1-2H3,(H,23,26)(H,24,30)/t14-/m0/s1. The molecule has 3 aliphatic heterocycles. The van der Waals surface area contributed by atoms with Crippen LogP contribution in [-0.4, -0.2) is 55.7 Å². The summed E-state index contributed by atoms with van der Waals surface area (Å²) in [4.78, 5) is 23.5. The number of rotatable bonds is 3. The Balaban J connectivity index is 1.36. The van der Waals surface area contributed by atoms with E-state index in [4.69, 9.17) is 0 Å². The van der Waals surface area contributed by atoms with E-state index in [1.807, 2.05) is 32.0 Å². The van der Waals surface area contributed by atoms with Gasteiger partial charge in [-0.05, 0) is 44.4 Å². The third-order valence-corrected chi connectivity index (χ3v) is 6.13. The molecule has 0 saturated carbocycles. The van der Waals surface area contributed by atoms with Crippen molar-refractivity contribution in [2.75, 3.05) is 23.8 Å². The van der Waals surface area contributed by atoms with E-state index in [-0.39, 0.29) is 18.6 Å². The average molecular weight is 407 g/mol. The molecule has 1 saturated heterocycles. The number of hydrogen-bond acceptors (Lipinski definition) is 7. The van der Waals surface area contributed by atoms with Crippen LogP contribution in [0.25, 0.3) is 6.20 Å². The second kappa shape index (κ2) is 6.94. The van der Waals surface area contributed by atoms with Gasteiger partial charge in [0.15, 0.2) is 0 Å². The molecule has 4 heterocycles. The number of nitrogens with zero attached hydrogens (tertiary/aromatic N) is 5. The van der Waals surface area contributed by atoms with Crippen molar-refractivity contribution in [1.29, 1.82) is 0 Å². The first kappa shape index (κ1) is 18.8. The van der Waals surface area contributed by atoms with Crippen LogP contribution in [0, 0.1) is 0 Å². The summed E-state index contributed by atoms with van der Waals surface area (Å²) in [5.41, 5.74) is 2.08. The first-order chi connectivity index (χ1) is 14.5. The maximum atomic E-state index is 12.2. The van der Waals surface area contributed by atoms with Crippen molar-refractivity contribution in [3.8, 4) is 0 Å². The molecule has 0 spiro atoms. The maximum absolute atomic E-state index is 12.2. The lowest BCUT2D eigenvalue weighted by Crippen LogP contribution is -2.38. The summed E-state index contributed by atoms with van der Waals surface area (Å²) < 4.78 is 1.72. The summed E-state index contributed by atoms with van der Waals surface area (Å²) in [6.45, 7) is 4.87. The van der Waals surface area contributed by atoms with Crippen LogP contribution in [0.4, 0.5) is 17.3 Å². The Bertz CT molecular complexity index is 1070. The highest BCUT2D eigenvalue weighted by atomic mass is 16.3. The lowest BCUT2D eigenvalue weighted by Gasteiger charge is -2.25. The number of fused-ring (bicyclic) bond motifs is 2. The Morgan fingerprint density at radius 2 is 2.23 bits per heavy atom. The third-order valence-electron chi connectivity index (χ3n) is 6.13. The summed E-state index contributed by atoms with van der Waals surface area (Å²) in [5.74, 6) is 2.17. The number of amides is 1. The molecule has 5 rings (SSSR count). The number of aliphatic hydroxyl groups is 1. The number of hydrogen-bond donors (Lipinski definition) is 3. The minimum absolute atomic E-state index is 0.00142. The van der Waals surface area contributed by atoms with E-state index >= 15 is 0 Å². The Morgan fingerprint density at radius 1 is 1.37 bits per heavy atom. The first-order valence-corrected chi connectivity index (χ1v) is 10.2. The normalized spacial score (nSPS) is 21.7. The average Bonchev–Trinajstić information content (AvgIpc) is 3.35. The molecule has 0 unspecified atom stereocenters. The van der Waals surface area contributed by atoms with Crippen molar-refractivity contribution >= 4 is 35.3 Å². The summed E-state index contributed by atoms with van der Waals surface area (Å²) in [7, 11) is 0. The number of carbonyl (C=O) groups excluding carboxylic acids is 1. The number of anilines is 3. The largest absolute Gasteiger partial charge is 0.394 e. The molecule has 3 N–H and O–H groups in total. The third kappa shape index (κ3) is 3.06. The van der Waals surface area contributed by atoms with Crippen LogP contribution in [0.5, 0.6) is 0 Å². The molecule has 0 radical (unpaired) electrons. The first-order valence-electron chi connectivity index (χ1n) is 10.2. The van der Waals surface area contributed by atoms with Gasteiger partial charge in [0.1, 0.15) is 11.7 Å². The van der Waals surface area contributed by atoms with Gasteiger partial charge in [-0.25, -0.2) is 9.67 Å². The van der Waals surface area contributed by atoms with Gasteiger partial charge in [0.2, 0.25) is 11.9 Å². The van der Waals surface area contributed by atoms with E-state index in [0.29, 0.717) is 12.4 Å². The number of nitrogens with one attached hydrogen (secondary N) is 2. The van der Waals surface area contributed by atoms with Crippen molar-refractivity contribution in [3.63, 3.8) is 0 Å². The van der Waals surface area contributed by atoms with E-state index in [1.54, 1.807) is 17.1 Å². The minimum atomic E-state index is -0.527. The number of carbonyl (C=O) groups is 1. The Kier molecular flexibility index (Phi) is 4.35. The van der Waals surface area contributed by atoms with Gasteiger partial charge in [-0.2, -0.15) is 4.98 Å². The molecule has 1 atom stereocenters. The molecular weight excluding hydrogens is 382 g/mol. The van der Waals surface area contributed by atoms with Crippen molar-refractivity contribution in [2.45, 2.75) is 44.6 Å². The molecule has 30 heavy (non-hydrogen) atoms. The van der Waals surface area contributed by atoms with Gasteiger partial charge < -0.3 is 20.6 Å². The van der Waals surface area contributed by atoms with E-state index in [1.165, 1.54) is 0 Å². The number of aliphatic hydroxyl groups excluding tert-OH is 1. The Hall–Kier alpha value is -3.20. The van der Waals surface area contributed by atoms with Crippen LogP contribution in [-0.2, 0) is 16.6 Å². The lowest BCUT2D eigenvalue weighted by atomic mass is 9.86. The maximum Gasteiger partial charge on any atom is 0.247 e. The quantitative estimate of drug-likeness (QED) is 0.719. The SMILES string of the molecule is CC1(C)C(=O)Nc2cc(Nc3nc4n(n3)C=CN=C(N3CCC[C@H]3CO)C4)ccc21. The van der Waals surface area contributed by atoms with E-state index in [2.05, 4.69) is 30.6 Å². The Labute approximate surface area is 174 Å². The highest BCUT2D eigenvalue weighted by Crippen LogP contribution is 2.38. The summed E-state index contributed by atoms with van der Waals surface area (Å²) in [6.07, 6.45) is 6.09. The number of benzene rings is 1. The summed E-state index contributed by atoms with van der Waals surface area (Å²) in [6, 6.07) is 5.93. The van der Waals surface area contributed by atoms with E-state index in [0.717, 1.165) is 48.0 Å². The monoisotopic (exact) mass is 407 g/mol. The fourth-order valence-corrected chi connectivity index (χ4v) is 4.36. The molecule has 0 aliphatic carbocycles. The van der Waals surface area contributed by atoms with Crippen molar-refractivity contribution < 1.29 is 9.90 Å². The lowest BCUT2D eigenvalue weighted by molar-refractivity contribution is -0.119. The predicted molar refractivity (Wildman–Crippen MR) is 115 cm³/mol. The topological polar surface area (TPSA) is 108 Å². The highest BCUT2D eigenvalue weighted by Gasteiger charge is 2.38. The van der Waals surface area contributed by atoms with Crippen LogP contribution >= 0.6 is 0 Å². The fraction of sp³-hybridized carbons (Fsp3) is 0.429. The van der Waals surface area contributed by atoms with Crippen LogP contribution in [0.1, 0.15) is 38.1 Å². The summed E-state index contributed by atoms with van der Waals surface area (Å²) >= 11 is 0. The van der Waals surface area contributed by atoms with Gasteiger partial charge in [0.05, 0.1) is 24.5 Å². The predicted octanol–water partition coefficient (Wildman–Crippen LogP) is 2.09. The van der Waals surface area contributed by atoms with Crippen LogP contribution in [0.3, 0.4) is 0 Å². The molecular formula is C21H25N7O2. The zero-order valence-corrected chi connectivity index (χ0v) is 17.1. The summed E-state index contributed by atoms with van der Waals surface area (Å²) in [5, 5.41) is 20.3. The molecule has 2 aromatic rings. The second-order valence-electron chi connectivity index (χ2n) is 8.45. The van der Waals surface area contributed by atoms with Crippen LogP contribution in [0.15, 0.2) is 29.4 Å². The van der Waals surface area contributed by atoms with Gasteiger partial charge in [-0.15, -0.1) is 5.10 Å². The fourth-order valence-electron chi connectivity index (χ4n) is 4.36. The zero-order valence-electron chi connectivity index (χ0n) is 17.1. The molecule has 3 aliphatic rings.